The van der Waals surface area contributed by atoms with Crippen LogP contribution in [0, 0.1) is 0 Å². The number of likely N-dealkylation sites (tertiary alicyclic amines) is 1. The molecule has 0 radical (unpaired) electrons. The van der Waals surface area contributed by atoms with Crippen molar-refractivity contribution in [3.63, 3.8) is 0 Å². The molecule has 1 amide bonds. The van der Waals surface area contributed by atoms with Gasteiger partial charge in [-0.2, -0.15) is 0 Å². The maximum absolute atomic E-state index is 12.7. The van der Waals surface area contributed by atoms with Crippen molar-refractivity contribution in [1.29, 1.82) is 0 Å². The Morgan fingerprint density at radius 3 is 2.34 bits per heavy atom. The molecule has 1 fully saturated rings. The van der Waals surface area contributed by atoms with Gasteiger partial charge in [0.15, 0.2) is 5.78 Å². The number of H-pyrrole nitrogens is 1. The van der Waals surface area contributed by atoms with Crippen LogP contribution in [0.1, 0.15) is 53.9 Å². The van der Waals surface area contributed by atoms with Gasteiger partial charge in [-0.25, -0.2) is 0 Å². The molecule has 0 spiro atoms. The number of Topliss-reactive ketones (excluding diaryl/α,β-unsaturated/α-hetero) is 1. The molecule has 2 aromatic carbocycles. The quantitative estimate of drug-likeness (QED) is 0.510. The van der Waals surface area contributed by atoms with E-state index < -0.39 is 0 Å². The number of nitrogens with zero attached hydrogens (tertiary/aromatic N) is 1. The van der Waals surface area contributed by atoms with Gasteiger partial charge in [0.1, 0.15) is 11.5 Å². The molecule has 4 rings (SSSR count). The van der Waals surface area contributed by atoms with E-state index in [4.69, 9.17) is 9.47 Å². The van der Waals surface area contributed by atoms with Gasteiger partial charge in [0.05, 0.1) is 14.2 Å². The molecule has 1 aliphatic heterocycles. The van der Waals surface area contributed by atoms with Gasteiger partial charge in [-0.15, -0.1) is 0 Å². The smallest absolute Gasteiger partial charge is 0.222 e. The highest BCUT2D eigenvalue weighted by Crippen LogP contribution is 2.34. The summed E-state index contributed by atoms with van der Waals surface area (Å²) in [4.78, 5) is 30.3. The number of ketones is 1. The summed E-state index contributed by atoms with van der Waals surface area (Å²) in [6.45, 7) is 1.51. The number of piperidine rings is 1. The van der Waals surface area contributed by atoms with Crippen LogP contribution in [0.25, 0.3) is 10.9 Å². The van der Waals surface area contributed by atoms with Gasteiger partial charge < -0.3 is 19.4 Å². The number of aromatic nitrogens is 1. The minimum absolute atomic E-state index is 0.0638. The van der Waals surface area contributed by atoms with Crippen LogP contribution in [-0.2, 0) is 4.79 Å². The average molecular weight is 435 g/mol. The lowest BCUT2D eigenvalue weighted by atomic mass is 9.89. The van der Waals surface area contributed by atoms with Crippen molar-refractivity contribution in [2.24, 2.45) is 0 Å². The summed E-state index contributed by atoms with van der Waals surface area (Å²) in [5.41, 5.74) is 3.08. The fourth-order valence-electron chi connectivity index (χ4n) is 4.51. The summed E-state index contributed by atoms with van der Waals surface area (Å²) in [6, 6.07) is 13.2. The minimum Gasteiger partial charge on any atom is -0.497 e. The summed E-state index contributed by atoms with van der Waals surface area (Å²) in [7, 11) is 3.28. The summed E-state index contributed by atoms with van der Waals surface area (Å²) in [6.07, 6.45) is 5.35. The second-order valence-corrected chi connectivity index (χ2v) is 8.32. The minimum atomic E-state index is 0.0638. The van der Waals surface area contributed by atoms with E-state index in [2.05, 4.69) is 17.2 Å². The standard InChI is InChI=1S/C26H30N2O4/c1-31-20-8-6-19(7-9-20)25(29)4-3-5-26(30)28-14-12-18(13-15-28)23-17-27-24-11-10-21(32-2)16-22(23)24/h6-11,16-18,27H,3-5,12-15H2,1-2H3. The highest BCUT2D eigenvalue weighted by atomic mass is 16.5. The Kier molecular flexibility index (Phi) is 6.78. The molecular weight excluding hydrogens is 404 g/mol. The first-order chi connectivity index (χ1) is 15.6. The number of rotatable bonds is 8. The van der Waals surface area contributed by atoms with Crippen molar-refractivity contribution < 1.29 is 19.1 Å². The number of carbonyl (C=O) groups excluding carboxylic acids is 2. The predicted octanol–water partition coefficient (Wildman–Crippen LogP) is 4.94. The number of ether oxygens (including phenoxy) is 2. The Labute approximate surface area is 188 Å². The molecule has 1 aromatic heterocycles. The molecule has 32 heavy (non-hydrogen) atoms. The molecule has 1 aliphatic rings. The van der Waals surface area contributed by atoms with Gasteiger partial charge in [-0.1, -0.05) is 0 Å². The van der Waals surface area contributed by atoms with E-state index in [1.54, 1.807) is 38.5 Å². The number of nitrogens with one attached hydrogen (secondary N) is 1. The molecule has 0 unspecified atom stereocenters. The zero-order valence-electron chi connectivity index (χ0n) is 18.7. The first-order valence-corrected chi connectivity index (χ1v) is 11.2. The highest BCUT2D eigenvalue weighted by Gasteiger charge is 2.25. The molecule has 0 saturated carbocycles. The fourth-order valence-corrected chi connectivity index (χ4v) is 4.51. The summed E-state index contributed by atoms with van der Waals surface area (Å²) < 4.78 is 10.5. The molecular formula is C26H30N2O4. The third-order valence-corrected chi connectivity index (χ3v) is 6.41. The lowest BCUT2D eigenvalue weighted by molar-refractivity contribution is -0.132. The van der Waals surface area contributed by atoms with Crippen LogP contribution in [0.15, 0.2) is 48.7 Å². The maximum Gasteiger partial charge on any atom is 0.222 e. The summed E-state index contributed by atoms with van der Waals surface area (Å²) in [5, 5.41) is 1.20. The lowest BCUT2D eigenvalue weighted by Gasteiger charge is -2.32. The van der Waals surface area contributed by atoms with Crippen molar-refractivity contribution >= 4 is 22.6 Å². The van der Waals surface area contributed by atoms with Crippen LogP contribution in [0.5, 0.6) is 11.5 Å². The van der Waals surface area contributed by atoms with Crippen LogP contribution in [-0.4, -0.2) is 48.9 Å². The molecule has 0 bridgehead atoms. The molecule has 0 aliphatic carbocycles. The van der Waals surface area contributed by atoms with Gasteiger partial charge in [-0.05, 0) is 73.2 Å². The van der Waals surface area contributed by atoms with E-state index in [9.17, 15) is 9.59 Å². The second kappa shape index (κ2) is 9.90. The molecule has 0 atom stereocenters. The van der Waals surface area contributed by atoms with Crippen molar-refractivity contribution in [1.82, 2.24) is 9.88 Å². The SMILES string of the molecule is COc1ccc(C(=O)CCCC(=O)N2CCC(c3c[nH]c4ccc(OC)cc34)CC2)cc1. The molecule has 1 saturated heterocycles. The predicted molar refractivity (Wildman–Crippen MR) is 125 cm³/mol. The normalized spacial score (nSPS) is 14.5. The van der Waals surface area contributed by atoms with Crippen LogP contribution in [0.2, 0.25) is 0 Å². The fraction of sp³-hybridized carbons (Fsp3) is 0.385. The van der Waals surface area contributed by atoms with E-state index in [0.29, 0.717) is 30.7 Å². The van der Waals surface area contributed by atoms with Crippen molar-refractivity contribution in [3.8, 4) is 11.5 Å². The molecule has 3 aromatic rings. The van der Waals surface area contributed by atoms with Gasteiger partial charge in [0, 0.05) is 48.6 Å². The average Bonchev–Trinajstić information content (AvgIpc) is 3.27. The Bertz CT molecular complexity index is 1080. The first-order valence-electron chi connectivity index (χ1n) is 11.2. The second-order valence-electron chi connectivity index (χ2n) is 8.32. The molecule has 2 heterocycles. The van der Waals surface area contributed by atoms with E-state index >= 15 is 0 Å². The van der Waals surface area contributed by atoms with Gasteiger partial charge in [-0.3, -0.25) is 9.59 Å². The van der Waals surface area contributed by atoms with E-state index in [1.165, 1.54) is 10.9 Å². The number of hydrogen-bond acceptors (Lipinski definition) is 4. The Morgan fingerprint density at radius 2 is 1.66 bits per heavy atom. The zero-order chi connectivity index (χ0) is 22.5. The monoisotopic (exact) mass is 434 g/mol. The van der Waals surface area contributed by atoms with Gasteiger partial charge >= 0.3 is 0 Å². The highest BCUT2D eigenvalue weighted by molar-refractivity contribution is 5.96. The Balaban J connectivity index is 1.26. The van der Waals surface area contributed by atoms with Gasteiger partial charge in [0.25, 0.3) is 0 Å². The largest absolute Gasteiger partial charge is 0.497 e. The molecule has 168 valence electrons. The van der Waals surface area contributed by atoms with Crippen LogP contribution < -0.4 is 9.47 Å². The van der Waals surface area contributed by atoms with Crippen molar-refractivity contribution in [2.45, 2.75) is 38.0 Å². The van der Waals surface area contributed by atoms with E-state index in [-0.39, 0.29) is 11.7 Å². The molecule has 1 N–H and O–H groups in total. The van der Waals surface area contributed by atoms with Crippen LogP contribution in [0.4, 0.5) is 0 Å². The number of hydrogen-bond donors (Lipinski definition) is 1. The first kappa shape index (κ1) is 21.9. The third-order valence-electron chi connectivity index (χ3n) is 6.41. The molecule has 6 heteroatoms. The maximum atomic E-state index is 12.7. The zero-order valence-corrected chi connectivity index (χ0v) is 18.7. The molecule has 6 nitrogen and oxygen atoms in total. The topological polar surface area (TPSA) is 71.6 Å². The third kappa shape index (κ3) is 4.79. The number of fused-ring (bicyclic) bond motifs is 1. The van der Waals surface area contributed by atoms with Crippen LogP contribution in [0.3, 0.4) is 0 Å². The lowest BCUT2D eigenvalue weighted by Crippen LogP contribution is -2.37. The van der Waals surface area contributed by atoms with Crippen molar-refractivity contribution in [2.75, 3.05) is 27.3 Å². The van der Waals surface area contributed by atoms with Gasteiger partial charge in [0.2, 0.25) is 5.91 Å². The number of methoxy groups -OCH3 is 2. The van der Waals surface area contributed by atoms with Crippen molar-refractivity contribution in [3.05, 3.63) is 59.8 Å². The number of benzene rings is 2. The summed E-state index contributed by atoms with van der Waals surface area (Å²) >= 11 is 0. The Morgan fingerprint density at radius 1 is 0.969 bits per heavy atom. The van der Waals surface area contributed by atoms with E-state index in [0.717, 1.165) is 42.9 Å². The Hall–Kier alpha value is -3.28. The number of amides is 1. The summed E-state index contributed by atoms with van der Waals surface area (Å²) in [5.74, 6) is 2.22. The van der Waals surface area contributed by atoms with Crippen LogP contribution >= 0.6 is 0 Å². The number of aromatic amines is 1. The number of carbonyl (C=O) groups is 2. The van der Waals surface area contributed by atoms with E-state index in [1.807, 2.05) is 17.0 Å².